The number of nitrogens with zero attached hydrogens (tertiary/aromatic N) is 1. The van der Waals surface area contributed by atoms with Crippen molar-refractivity contribution in [1.29, 1.82) is 0 Å². The van der Waals surface area contributed by atoms with Gasteiger partial charge in [0.15, 0.2) is 0 Å². The normalized spacial score (nSPS) is 20.5. The largest absolute Gasteiger partial charge is 0.350 e. The lowest BCUT2D eigenvalue weighted by Crippen LogP contribution is -2.39. The minimum atomic E-state index is 0.172. The van der Waals surface area contributed by atoms with Gasteiger partial charge in [-0.25, -0.2) is 0 Å². The minimum Gasteiger partial charge on any atom is -0.350 e. The van der Waals surface area contributed by atoms with Crippen molar-refractivity contribution >= 4 is 5.91 Å². The molecule has 1 aromatic carbocycles. The van der Waals surface area contributed by atoms with Crippen LogP contribution in [0.4, 0.5) is 0 Å². The molecule has 22 heavy (non-hydrogen) atoms. The molecule has 1 fully saturated rings. The fourth-order valence-corrected chi connectivity index (χ4v) is 3.43. The van der Waals surface area contributed by atoms with Crippen molar-refractivity contribution in [2.45, 2.75) is 51.1 Å². The lowest BCUT2D eigenvalue weighted by molar-refractivity contribution is -0.118. The van der Waals surface area contributed by atoms with Crippen LogP contribution in [0.1, 0.15) is 44.1 Å². The second-order valence-corrected chi connectivity index (χ2v) is 6.51. The van der Waals surface area contributed by atoms with Crippen LogP contribution in [-0.4, -0.2) is 29.9 Å². The van der Waals surface area contributed by atoms with Gasteiger partial charge in [-0.2, -0.15) is 0 Å². The molecule has 0 radical (unpaired) electrons. The van der Waals surface area contributed by atoms with E-state index in [9.17, 15) is 4.79 Å². The Kier molecular flexibility index (Phi) is 5.28. The zero-order valence-electron chi connectivity index (χ0n) is 13.3. The molecule has 0 atom stereocenters. The predicted molar refractivity (Wildman–Crippen MR) is 89.4 cm³/mol. The van der Waals surface area contributed by atoms with Gasteiger partial charge >= 0.3 is 0 Å². The maximum absolute atomic E-state index is 12.3. The molecule has 3 heteroatoms. The molecule has 0 saturated heterocycles. The van der Waals surface area contributed by atoms with Gasteiger partial charge in [-0.1, -0.05) is 55.7 Å². The molecule has 1 aromatic rings. The number of carbonyl (C=O) groups excluding carboxylic acids is 1. The van der Waals surface area contributed by atoms with Gasteiger partial charge in [-0.3, -0.25) is 9.69 Å². The fraction of sp³-hybridized carbons (Fsp3) is 0.526. The van der Waals surface area contributed by atoms with Crippen LogP contribution in [0.5, 0.6) is 0 Å². The van der Waals surface area contributed by atoms with Gasteiger partial charge in [0, 0.05) is 31.2 Å². The summed E-state index contributed by atoms with van der Waals surface area (Å²) in [5.41, 5.74) is 2.32. The third-order valence-corrected chi connectivity index (χ3v) is 4.77. The summed E-state index contributed by atoms with van der Waals surface area (Å²) in [7, 11) is 0. The molecular formula is C19H26N2O. The maximum Gasteiger partial charge on any atom is 0.247 e. The summed E-state index contributed by atoms with van der Waals surface area (Å²) < 4.78 is 0. The molecule has 1 saturated carbocycles. The van der Waals surface area contributed by atoms with Crippen molar-refractivity contribution in [2.24, 2.45) is 0 Å². The first-order chi connectivity index (χ1) is 10.8. The zero-order valence-corrected chi connectivity index (χ0v) is 13.3. The second kappa shape index (κ2) is 7.59. The van der Waals surface area contributed by atoms with E-state index in [4.69, 9.17) is 0 Å². The summed E-state index contributed by atoms with van der Waals surface area (Å²) in [6, 6.07) is 10.9. The number of benzene rings is 1. The Bertz CT molecular complexity index is 517. The van der Waals surface area contributed by atoms with Crippen LogP contribution in [-0.2, 0) is 11.3 Å². The minimum absolute atomic E-state index is 0.172. The van der Waals surface area contributed by atoms with E-state index in [0.29, 0.717) is 6.04 Å². The van der Waals surface area contributed by atoms with Gasteiger partial charge in [0.2, 0.25) is 5.91 Å². The quantitative estimate of drug-likeness (QED) is 0.925. The van der Waals surface area contributed by atoms with Crippen LogP contribution in [0, 0.1) is 0 Å². The lowest BCUT2D eigenvalue weighted by Gasteiger charge is -2.28. The van der Waals surface area contributed by atoms with E-state index < -0.39 is 0 Å². The summed E-state index contributed by atoms with van der Waals surface area (Å²) in [4.78, 5) is 14.7. The molecule has 1 aliphatic heterocycles. The Balaban J connectivity index is 1.49. The average Bonchev–Trinajstić information content (AvgIpc) is 2.57. The van der Waals surface area contributed by atoms with Gasteiger partial charge in [-0.05, 0) is 24.8 Å². The molecule has 1 aliphatic carbocycles. The molecule has 1 amide bonds. The molecule has 0 unspecified atom stereocenters. The van der Waals surface area contributed by atoms with Crippen molar-refractivity contribution in [2.75, 3.05) is 13.1 Å². The number of hydrogen-bond acceptors (Lipinski definition) is 2. The molecule has 1 heterocycles. The first kappa shape index (κ1) is 15.3. The molecule has 2 aliphatic rings. The number of rotatable bonds is 4. The predicted octanol–water partition coefficient (Wildman–Crippen LogP) is 3.27. The summed E-state index contributed by atoms with van der Waals surface area (Å²) in [6.07, 6.45) is 9.13. The average molecular weight is 298 g/mol. The van der Waals surface area contributed by atoms with Crippen LogP contribution < -0.4 is 5.32 Å². The number of hydrogen-bond donors (Lipinski definition) is 1. The molecule has 0 bridgehead atoms. The van der Waals surface area contributed by atoms with Crippen LogP contribution in [0.15, 0.2) is 42.0 Å². The van der Waals surface area contributed by atoms with E-state index in [1.165, 1.54) is 24.8 Å². The Morgan fingerprint density at radius 3 is 2.59 bits per heavy atom. The van der Waals surface area contributed by atoms with E-state index in [0.717, 1.165) is 44.5 Å². The Hall–Kier alpha value is -1.61. The third kappa shape index (κ3) is 4.20. The Morgan fingerprint density at radius 1 is 1.14 bits per heavy atom. The van der Waals surface area contributed by atoms with Gasteiger partial charge < -0.3 is 5.32 Å². The highest BCUT2D eigenvalue weighted by Gasteiger charge is 2.20. The highest BCUT2D eigenvalue weighted by atomic mass is 16.1. The van der Waals surface area contributed by atoms with Crippen molar-refractivity contribution in [3.8, 4) is 0 Å². The van der Waals surface area contributed by atoms with E-state index in [-0.39, 0.29) is 5.91 Å². The van der Waals surface area contributed by atoms with Gasteiger partial charge in [0.1, 0.15) is 0 Å². The monoisotopic (exact) mass is 298 g/mol. The zero-order chi connectivity index (χ0) is 15.2. The SMILES string of the molecule is O=C(NC1CCCCC1)C1=CCN(Cc2ccccc2)CC1. The molecule has 3 rings (SSSR count). The van der Waals surface area contributed by atoms with Crippen LogP contribution in [0.3, 0.4) is 0 Å². The van der Waals surface area contributed by atoms with Gasteiger partial charge in [-0.15, -0.1) is 0 Å². The smallest absolute Gasteiger partial charge is 0.247 e. The molecule has 0 aromatic heterocycles. The van der Waals surface area contributed by atoms with E-state index >= 15 is 0 Å². The fourth-order valence-electron chi connectivity index (χ4n) is 3.43. The summed E-state index contributed by atoms with van der Waals surface area (Å²) in [5.74, 6) is 0.172. The third-order valence-electron chi connectivity index (χ3n) is 4.77. The van der Waals surface area contributed by atoms with E-state index in [1.807, 2.05) is 6.07 Å². The van der Waals surface area contributed by atoms with Crippen molar-refractivity contribution in [3.05, 3.63) is 47.5 Å². The maximum atomic E-state index is 12.3. The molecular weight excluding hydrogens is 272 g/mol. The Labute approximate surface area is 133 Å². The first-order valence-corrected chi connectivity index (χ1v) is 8.57. The molecule has 0 spiro atoms. The number of carbonyl (C=O) groups is 1. The summed E-state index contributed by atoms with van der Waals surface area (Å²) in [6.45, 7) is 2.82. The topological polar surface area (TPSA) is 32.3 Å². The molecule has 118 valence electrons. The standard InChI is InChI=1S/C19H26N2O/c22-19(20-18-9-5-2-6-10-18)17-11-13-21(14-12-17)15-16-7-3-1-4-8-16/h1,3-4,7-8,11,18H,2,5-6,9-10,12-15H2,(H,20,22). The van der Waals surface area contributed by atoms with Crippen molar-refractivity contribution in [3.63, 3.8) is 0 Å². The van der Waals surface area contributed by atoms with E-state index in [2.05, 4.69) is 40.6 Å². The molecule has 3 nitrogen and oxygen atoms in total. The molecule has 1 N–H and O–H groups in total. The summed E-state index contributed by atoms with van der Waals surface area (Å²) >= 11 is 0. The van der Waals surface area contributed by atoms with Crippen LogP contribution in [0.2, 0.25) is 0 Å². The number of nitrogens with one attached hydrogen (secondary N) is 1. The van der Waals surface area contributed by atoms with Gasteiger partial charge in [0.05, 0.1) is 0 Å². The lowest BCUT2D eigenvalue weighted by atomic mass is 9.95. The Morgan fingerprint density at radius 2 is 1.91 bits per heavy atom. The first-order valence-electron chi connectivity index (χ1n) is 8.57. The second-order valence-electron chi connectivity index (χ2n) is 6.51. The van der Waals surface area contributed by atoms with E-state index in [1.54, 1.807) is 0 Å². The highest BCUT2D eigenvalue weighted by molar-refractivity contribution is 5.93. The number of amides is 1. The van der Waals surface area contributed by atoms with Crippen LogP contribution in [0.25, 0.3) is 0 Å². The summed E-state index contributed by atoms with van der Waals surface area (Å²) in [5, 5.41) is 3.23. The van der Waals surface area contributed by atoms with Gasteiger partial charge in [0.25, 0.3) is 0 Å². The van der Waals surface area contributed by atoms with Crippen LogP contribution >= 0.6 is 0 Å². The highest BCUT2D eigenvalue weighted by Crippen LogP contribution is 2.19. The van der Waals surface area contributed by atoms with Crippen molar-refractivity contribution in [1.82, 2.24) is 10.2 Å². The van der Waals surface area contributed by atoms with Crippen molar-refractivity contribution < 1.29 is 4.79 Å².